The average Bonchev–Trinajstić information content (AvgIpc) is 2.70. The molecule has 0 spiro atoms. The number of nitrogens with one attached hydrogen (secondary N) is 1. The zero-order chi connectivity index (χ0) is 10.8. The molecule has 2 aromatic rings. The molecule has 88 valence electrons. The van der Waals surface area contributed by atoms with Gasteiger partial charge in [0.15, 0.2) is 5.82 Å². The minimum absolute atomic E-state index is 0. The average molecular weight is 242 g/mol. The molecule has 0 saturated heterocycles. The van der Waals surface area contributed by atoms with Gasteiger partial charge < -0.3 is 5.32 Å². The summed E-state index contributed by atoms with van der Waals surface area (Å²) in [7, 11) is 3.85. The highest BCUT2D eigenvalue weighted by molar-refractivity contribution is 5.85. The molecule has 0 unspecified atom stereocenters. The van der Waals surface area contributed by atoms with Crippen LogP contribution in [0, 0.1) is 6.92 Å². The van der Waals surface area contributed by atoms with E-state index in [2.05, 4.69) is 15.5 Å². The molecule has 0 bridgehead atoms. The Labute approximate surface area is 101 Å². The molecule has 0 aliphatic rings. The van der Waals surface area contributed by atoms with Gasteiger partial charge in [0.25, 0.3) is 0 Å². The van der Waals surface area contributed by atoms with Crippen LogP contribution in [0.25, 0.3) is 0 Å². The summed E-state index contributed by atoms with van der Waals surface area (Å²) >= 11 is 0. The molecule has 5 nitrogen and oxygen atoms in total. The van der Waals surface area contributed by atoms with Gasteiger partial charge in [-0.25, -0.2) is 0 Å². The Morgan fingerprint density at radius 1 is 1.38 bits per heavy atom. The van der Waals surface area contributed by atoms with Gasteiger partial charge >= 0.3 is 0 Å². The number of halogens is 1. The lowest BCUT2D eigenvalue weighted by atomic mass is 10.3. The number of aromatic nitrogens is 4. The maximum atomic E-state index is 4.32. The molecule has 0 amide bonds. The van der Waals surface area contributed by atoms with E-state index in [0.717, 1.165) is 23.6 Å². The first-order valence-electron chi connectivity index (χ1n) is 4.88. The second kappa shape index (κ2) is 5.03. The Kier molecular flexibility index (Phi) is 3.95. The lowest BCUT2D eigenvalue weighted by Crippen LogP contribution is -2.06. The predicted octanol–water partition coefficient (Wildman–Crippen LogP) is 1.50. The van der Waals surface area contributed by atoms with E-state index in [0.29, 0.717) is 0 Å². The lowest BCUT2D eigenvalue weighted by molar-refractivity contribution is 0.717. The fourth-order valence-electron chi connectivity index (χ4n) is 1.53. The van der Waals surface area contributed by atoms with E-state index in [-0.39, 0.29) is 12.4 Å². The molecule has 0 aliphatic carbocycles. The summed E-state index contributed by atoms with van der Waals surface area (Å²) in [5.41, 5.74) is 2.29. The molecule has 0 aliphatic heterocycles. The third kappa shape index (κ3) is 2.55. The van der Waals surface area contributed by atoms with Crippen molar-refractivity contribution in [1.82, 2.24) is 19.6 Å². The van der Waals surface area contributed by atoms with Crippen LogP contribution in [0.15, 0.2) is 18.5 Å². The van der Waals surface area contributed by atoms with E-state index in [1.54, 1.807) is 10.9 Å². The zero-order valence-corrected chi connectivity index (χ0v) is 10.5. The number of nitrogens with zero attached hydrogens (tertiary/aromatic N) is 4. The monoisotopic (exact) mass is 241 g/mol. The van der Waals surface area contributed by atoms with Gasteiger partial charge in [-0.2, -0.15) is 10.2 Å². The predicted molar refractivity (Wildman–Crippen MR) is 65.7 cm³/mol. The van der Waals surface area contributed by atoms with E-state index in [1.165, 1.54) is 0 Å². The molecule has 1 N–H and O–H groups in total. The fourth-order valence-corrected chi connectivity index (χ4v) is 1.53. The summed E-state index contributed by atoms with van der Waals surface area (Å²) < 4.78 is 3.66. The van der Waals surface area contributed by atoms with Crippen LogP contribution >= 0.6 is 12.4 Å². The Morgan fingerprint density at radius 3 is 2.62 bits per heavy atom. The Hall–Kier alpha value is -1.49. The Balaban J connectivity index is 0.00000128. The van der Waals surface area contributed by atoms with Gasteiger partial charge in [-0.15, -0.1) is 12.4 Å². The second-order valence-corrected chi connectivity index (χ2v) is 3.63. The number of anilines is 1. The molecule has 6 heteroatoms. The minimum atomic E-state index is 0. The van der Waals surface area contributed by atoms with Gasteiger partial charge in [-0.05, 0) is 13.0 Å². The zero-order valence-electron chi connectivity index (χ0n) is 9.64. The van der Waals surface area contributed by atoms with E-state index >= 15 is 0 Å². The highest BCUT2D eigenvalue weighted by Gasteiger charge is 2.03. The van der Waals surface area contributed by atoms with Crippen molar-refractivity contribution in [2.24, 2.45) is 14.1 Å². The lowest BCUT2D eigenvalue weighted by Gasteiger charge is -2.04. The van der Waals surface area contributed by atoms with Crippen molar-refractivity contribution in [1.29, 1.82) is 0 Å². The normalized spacial score (nSPS) is 9.94. The molecule has 0 atom stereocenters. The number of aryl methyl sites for hydroxylation is 3. The summed E-state index contributed by atoms with van der Waals surface area (Å²) in [5.74, 6) is 0.929. The van der Waals surface area contributed by atoms with Crippen LogP contribution in [0.2, 0.25) is 0 Å². The van der Waals surface area contributed by atoms with Crippen LogP contribution in [0.1, 0.15) is 11.3 Å². The molecule has 2 aromatic heterocycles. The summed E-state index contributed by atoms with van der Waals surface area (Å²) in [6, 6.07) is 1.99. The van der Waals surface area contributed by atoms with Gasteiger partial charge in [0.2, 0.25) is 0 Å². The van der Waals surface area contributed by atoms with Crippen LogP contribution in [0.3, 0.4) is 0 Å². The van der Waals surface area contributed by atoms with Crippen molar-refractivity contribution in [2.45, 2.75) is 13.5 Å². The van der Waals surface area contributed by atoms with Crippen LogP contribution in [-0.2, 0) is 20.6 Å². The van der Waals surface area contributed by atoms with Crippen molar-refractivity contribution in [3.63, 3.8) is 0 Å². The second-order valence-electron chi connectivity index (χ2n) is 3.63. The first-order chi connectivity index (χ1) is 7.16. The number of hydrogen-bond donors (Lipinski definition) is 1. The van der Waals surface area contributed by atoms with Crippen LogP contribution in [-0.4, -0.2) is 19.6 Å². The highest BCUT2D eigenvalue weighted by Crippen LogP contribution is 2.11. The third-order valence-corrected chi connectivity index (χ3v) is 2.37. The topological polar surface area (TPSA) is 47.7 Å². The molecular weight excluding hydrogens is 226 g/mol. The number of rotatable bonds is 3. The Morgan fingerprint density at radius 2 is 2.12 bits per heavy atom. The van der Waals surface area contributed by atoms with Crippen molar-refractivity contribution >= 4 is 18.2 Å². The molecule has 2 heterocycles. The molecule has 0 aromatic carbocycles. The van der Waals surface area contributed by atoms with Gasteiger partial charge in [-0.1, -0.05) is 0 Å². The van der Waals surface area contributed by atoms with Gasteiger partial charge in [0.1, 0.15) is 0 Å². The van der Waals surface area contributed by atoms with Crippen LogP contribution in [0.5, 0.6) is 0 Å². The molecule has 16 heavy (non-hydrogen) atoms. The summed E-state index contributed by atoms with van der Waals surface area (Å²) in [5, 5.41) is 11.7. The summed E-state index contributed by atoms with van der Waals surface area (Å²) in [4.78, 5) is 0. The summed E-state index contributed by atoms with van der Waals surface area (Å²) in [6.07, 6.45) is 3.79. The first-order valence-corrected chi connectivity index (χ1v) is 4.88. The fraction of sp³-hybridized carbons (Fsp3) is 0.400. The number of hydrogen-bond acceptors (Lipinski definition) is 3. The van der Waals surface area contributed by atoms with E-state index in [9.17, 15) is 0 Å². The quantitative estimate of drug-likeness (QED) is 0.886. The maximum Gasteiger partial charge on any atom is 0.151 e. The van der Waals surface area contributed by atoms with Crippen LogP contribution < -0.4 is 5.32 Å². The SMILES string of the molecule is Cc1cn(C)nc1NCc1ccnn1C.Cl. The van der Waals surface area contributed by atoms with Gasteiger partial charge in [-0.3, -0.25) is 9.36 Å². The molecule has 0 fully saturated rings. The van der Waals surface area contributed by atoms with E-state index < -0.39 is 0 Å². The molecule has 0 radical (unpaired) electrons. The Bertz CT molecular complexity index is 459. The van der Waals surface area contributed by atoms with Crippen molar-refractivity contribution in [3.05, 3.63) is 29.7 Å². The molecule has 0 saturated carbocycles. The van der Waals surface area contributed by atoms with Crippen molar-refractivity contribution in [2.75, 3.05) is 5.32 Å². The third-order valence-electron chi connectivity index (χ3n) is 2.37. The molecule has 2 rings (SSSR count). The first kappa shape index (κ1) is 12.6. The minimum Gasteiger partial charge on any atom is -0.363 e. The maximum absolute atomic E-state index is 4.32. The van der Waals surface area contributed by atoms with Crippen molar-refractivity contribution < 1.29 is 0 Å². The van der Waals surface area contributed by atoms with Gasteiger partial charge in [0, 0.05) is 32.1 Å². The largest absolute Gasteiger partial charge is 0.363 e. The van der Waals surface area contributed by atoms with Gasteiger partial charge in [0.05, 0.1) is 12.2 Å². The van der Waals surface area contributed by atoms with Crippen LogP contribution in [0.4, 0.5) is 5.82 Å². The van der Waals surface area contributed by atoms with E-state index in [1.807, 2.05) is 38.0 Å². The molecular formula is C10H16ClN5. The highest BCUT2D eigenvalue weighted by atomic mass is 35.5. The summed E-state index contributed by atoms with van der Waals surface area (Å²) in [6.45, 7) is 2.78. The standard InChI is InChI=1S/C10H15N5.ClH/c1-8-7-14(2)13-10(8)11-6-9-4-5-12-15(9)3;/h4-5,7H,6H2,1-3H3,(H,11,13);1H. The van der Waals surface area contributed by atoms with Crippen molar-refractivity contribution in [3.8, 4) is 0 Å². The van der Waals surface area contributed by atoms with E-state index in [4.69, 9.17) is 0 Å². The smallest absolute Gasteiger partial charge is 0.151 e.